The van der Waals surface area contributed by atoms with E-state index in [1.807, 2.05) is 0 Å². The Hall–Kier alpha value is -0.290. The molecule has 54 valence electrons. The van der Waals surface area contributed by atoms with Crippen LogP contribution in [0, 0.1) is 0 Å². The maximum absolute atomic E-state index is 10.3. The zero-order chi connectivity index (χ0) is 7.72. The van der Waals surface area contributed by atoms with Gasteiger partial charge in [-0.2, -0.15) is 0 Å². The van der Waals surface area contributed by atoms with Crippen molar-refractivity contribution < 1.29 is 14.3 Å². The van der Waals surface area contributed by atoms with E-state index in [2.05, 4.69) is 36.3 Å². The van der Waals surface area contributed by atoms with Crippen molar-refractivity contribution in [3.8, 4) is 0 Å². The molecule has 0 aliphatic carbocycles. The van der Waals surface area contributed by atoms with E-state index in [9.17, 15) is 4.79 Å². The van der Waals surface area contributed by atoms with Gasteiger partial charge in [-0.1, -0.05) is 0 Å². The highest BCUT2D eigenvalue weighted by molar-refractivity contribution is 9.13. The summed E-state index contributed by atoms with van der Waals surface area (Å²) in [5.41, 5.74) is 0. The molecule has 3 nitrogen and oxygen atoms in total. The Kier molecular flexibility index (Phi) is 2.15. The van der Waals surface area contributed by atoms with Gasteiger partial charge in [0.05, 0.1) is 8.95 Å². The zero-order valence-electron chi connectivity index (χ0n) is 4.60. The maximum atomic E-state index is 10.3. The van der Waals surface area contributed by atoms with E-state index < -0.39 is 5.97 Å². The summed E-state index contributed by atoms with van der Waals surface area (Å²) >= 11 is 6.11. The third-order valence-electron chi connectivity index (χ3n) is 0.884. The average molecular weight is 270 g/mol. The quantitative estimate of drug-likeness (QED) is 0.852. The van der Waals surface area contributed by atoms with Gasteiger partial charge in [-0.05, 0) is 31.9 Å². The van der Waals surface area contributed by atoms with Crippen LogP contribution in [0.3, 0.4) is 0 Å². The summed E-state index contributed by atoms with van der Waals surface area (Å²) in [6.45, 7) is 0. The Balaban J connectivity index is 3.17. The maximum Gasteiger partial charge on any atom is 0.373 e. The predicted octanol–water partition coefficient (Wildman–Crippen LogP) is 2.50. The van der Waals surface area contributed by atoms with E-state index in [1.165, 1.54) is 6.26 Å². The highest BCUT2D eigenvalue weighted by atomic mass is 79.9. The van der Waals surface area contributed by atoms with Crippen molar-refractivity contribution in [2.45, 2.75) is 0 Å². The first kappa shape index (κ1) is 7.81. The van der Waals surface area contributed by atoms with Crippen molar-refractivity contribution in [3.63, 3.8) is 0 Å². The summed E-state index contributed by atoms with van der Waals surface area (Å²) in [6.07, 6.45) is 1.31. The van der Waals surface area contributed by atoms with Crippen LogP contribution in [-0.4, -0.2) is 11.1 Å². The van der Waals surface area contributed by atoms with Gasteiger partial charge in [-0.15, -0.1) is 0 Å². The van der Waals surface area contributed by atoms with E-state index in [0.717, 1.165) is 0 Å². The van der Waals surface area contributed by atoms with Crippen LogP contribution in [-0.2, 0) is 0 Å². The molecule has 10 heavy (non-hydrogen) atoms. The molecule has 0 aliphatic rings. The second kappa shape index (κ2) is 2.75. The van der Waals surface area contributed by atoms with Crippen LogP contribution in [0.5, 0.6) is 0 Å². The third-order valence-corrected chi connectivity index (χ3v) is 2.79. The first-order valence-corrected chi connectivity index (χ1v) is 3.87. The Morgan fingerprint density at radius 2 is 2.20 bits per heavy atom. The van der Waals surface area contributed by atoms with Crippen LogP contribution in [0.25, 0.3) is 0 Å². The fourth-order valence-electron chi connectivity index (χ4n) is 0.467. The summed E-state index contributed by atoms with van der Waals surface area (Å²) in [4.78, 5) is 10.3. The molecule has 0 fully saturated rings. The van der Waals surface area contributed by atoms with Crippen LogP contribution in [0.4, 0.5) is 0 Å². The SMILES string of the molecule is O=C(O)c1occ(Br)c1Br. The van der Waals surface area contributed by atoms with Gasteiger partial charge in [0.25, 0.3) is 0 Å². The number of hydrogen-bond donors (Lipinski definition) is 1. The number of rotatable bonds is 1. The van der Waals surface area contributed by atoms with Crippen molar-refractivity contribution in [2.75, 3.05) is 0 Å². The molecule has 0 saturated carbocycles. The van der Waals surface area contributed by atoms with Gasteiger partial charge in [-0.25, -0.2) is 4.79 Å². The summed E-state index contributed by atoms with van der Waals surface area (Å²) in [5, 5.41) is 8.43. The van der Waals surface area contributed by atoms with E-state index in [1.54, 1.807) is 0 Å². The number of carbonyl (C=O) groups is 1. The van der Waals surface area contributed by atoms with Crippen molar-refractivity contribution in [1.29, 1.82) is 0 Å². The van der Waals surface area contributed by atoms with Crippen LogP contribution in [0.15, 0.2) is 19.6 Å². The molecule has 0 aliphatic heterocycles. The number of aromatic carboxylic acids is 1. The minimum atomic E-state index is -1.09. The Bertz CT molecular complexity index is 266. The van der Waals surface area contributed by atoms with Crippen LogP contribution in [0.2, 0.25) is 0 Å². The molecule has 0 amide bonds. The summed E-state index contributed by atoms with van der Waals surface area (Å²) in [7, 11) is 0. The highest BCUT2D eigenvalue weighted by Gasteiger charge is 2.14. The molecule has 1 aromatic heterocycles. The van der Waals surface area contributed by atoms with Crippen molar-refractivity contribution in [2.24, 2.45) is 0 Å². The van der Waals surface area contributed by atoms with Gasteiger partial charge in [-0.3, -0.25) is 0 Å². The second-order valence-electron chi connectivity index (χ2n) is 1.53. The molecule has 0 spiro atoms. The van der Waals surface area contributed by atoms with E-state index in [0.29, 0.717) is 8.95 Å². The number of carboxylic acids is 1. The lowest BCUT2D eigenvalue weighted by atomic mass is 10.5. The number of carboxylic acid groups (broad SMARTS) is 1. The van der Waals surface area contributed by atoms with Crippen molar-refractivity contribution in [1.82, 2.24) is 0 Å². The molecule has 0 radical (unpaired) electrons. The van der Waals surface area contributed by atoms with Gasteiger partial charge in [0, 0.05) is 0 Å². The van der Waals surface area contributed by atoms with Gasteiger partial charge < -0.3 is 9.52 Å². The third kappa shape index (κ3) is 1.24. The fraction of sp³-hybridized carbons (Fsp3) is 0. The Morgan fingerprint density at radius 3 is 2.40 bits per heavy atom. The number of hydrogen-bond acceptors (Lipinski definition) is 2. The van der Waals surface area contributed by atoms with Crippen molar-refractivity contribution in [3.05, 3.63) is 21.0 Å². The normalized spacial score (nSPS) is 9.80. The van der Waals surface area contributed by atoms with Gasteiger partial charge in [0.15, 0.2) is 0 Å². The Labute approximate surface area is 73.3 Å². The fourth-order valence-corrected chi connectivity index (χ4v) is 1.10. The monoisotopic (exact) mass is 268 g/mol. The molecule has 0 unspecified atom stereocenters. The molecular weight excluding hydrogens is 268 g/mol. The summed E-state index contributed by atoms with van der Waals surface area (Å²) in [5.74, 6) is -1.18. The molecule has 0 aromatic carbocycles. The molecule has 1 heterocycles. The molecule has 0 atom stereocenters. The average Bonchev–Trinajstić information content (AvgIpc) is 2.14. The minimum Gasteiger partial charge on any atom is -0.475 e. The predicted molar refractivity (Wildman–Crippen MR) is 41.1 cm³/mol. The minimum absolute atomic E-state index is 0.0909. The second-order valence-corrected chi connectivity index (χ2v) is 3.18. The van der Waals surface area contributed by atoms with E-state index >= 15 is 0 Å². The first-order valence-electron chi connectivity index (χ1n) is 2.28. The standard InChI is InChI=1S/C5H2Br2O3/c6-2-1-10-4(3(2)7)5(8)9/h1H,(H,8,9). The Morgan fingerprint density at radius 1 is 1.60 bits per heavy atom. The lowest BCUT2D eigenvalue weighted by Crippen LogP contribution is -1.93. The zero-order valence-corrected chi connectivity index (χ0v) is 7.77. The first-order chi connectivity index (χ1) is 4.63. The van der Waals surface area contributed by atoms with Crippen LogP contribution < -0.4 is 0 Å². The summed E-state index contributed by atoms with van der Waals surface area (Å²) < 4.78 is 5.70. The van der Waals surface area contributed by atoms with E-state index in [4.69, 9.17) is 5.11 Å². The number of halogens is 2. The topological polar surface area (TPSA) is 50.4 Å². The summed E-state index contributed by atoms with van der Waals surface area (Å²) in [6, 6.07) is 0. The molecule has 0 saturated heterocycles. The van der Waals surface area contributed by atoms with Gasteiger partial charge in [0.2, 0.25) is 5.76 Å². The molecule has 1 N–H and O–H groups in total. The van der Waals surface area contributed by atoms with Crippen LogP contribution >= 0.6 is 31.9 Å². The van der Waals surface area contributed by atoms with Gasteiger partial charge in [0.1, 0.15) is 6.26 Å². The molecule has 5 heteroatoms. The smallest absolute Gasteiger partial charge is 0.373 e. The number of furan rings is 1. The van der Waals surface area contributed by atoms with E-state index in [-0.39, 0.29) is 5.76 Å². The largest absolute Gasteiger partial charge is 0.475 e. The van der Waals surface area contributed by atoms with Crippen molar-refractivity contribution >= 4 is 37.8 Å². The molecule has 1 rings (SSSR count). The molecular formula is C5H2Br2O3. The molecule has 0 bridgehead atoms. The lowest BCUT2D eigenvalue weighted by Gasteiger charge is -1.85. The molecule has 1 aromatic rings. The van der Waals surface area contributed by atoms with Crippen LogP contribution in [0.1, 0.15) is 10.6 Å². The highest BCUT2D eigenvalue weighted by Crippen LogP contribution is 2.28. The van der Waals surface area contributed by atoms with Gasteiger partial charge >= 0.3 is 5.97 Å². The lowest BCUT2D eigenvalue weighted by molar-refractivity contribution is 0.0661.